The summed E-state index contributed by atoms with van der Waals surface area (Å²) in [5, 5.41) is 6.42. The number of hydrogen-bond donors (Lipinski definition) is 2. The zero-order valence-corrected chi connectivity index (χ0v) is 17.4. The lowest BCUT2D eigenvalue weighted by Crippen LogP contribution is -2.43. The summed E-state index contributed by atoms with van der Waals surface area (Å²) >= 11 is 0. The normalized spacial score (nSPS) is 15.5. The summed E-state index contributed by atoms with van der Waals surface area (Å²) in [6.45, 7) is 7.13. The fourth-order valence-corrected chi connectivity index (χ4v) is 2.28. The molecule has 1 unspecified atom stereocenters. The predicted molar refractivity (Wildman–Crippen MR) is 112 cm³/mol. The maximum Gasteiger partial charge on any atom is 0.243 e. The van der Waals surface area contributed by atoms with Crippen LogP contribution in [0.2, 0.25) is 0 Å². The van der Waals surface area contributed by atoms with Gasteiger partial charge in [-0.1, -0.05) is 30.4 Å². The van der Waals surface area contributed by atoms with E-state index in [0.29, 0.717) is 19.0 Å². The molecule has 7 heteroatoms. The van der Waals surface area contributed by atoms with Crippen LogP contribution in [0, 0.1) is 0 Å². The largest absolute Gasteiger partial charge is 0.488 e. The molecule has 0 aromatic heterocycles. The van der Waals surface area contributed by atoms with Crippen molar-refractivity contribution in [3.05, 3.63) is 42.0 Å². The molecule has 1 aromatic carbocycles. The predicted octanol–water partition coefficient (Wildman–Crippen LogP) is 1.81. The number of fused-ring (bicyclic) bond motifs is 1. The molecule has 1 heterocycles. The minimum absolute atomic E-state index is 0. The second kappa shape index (κ2) is 10.3. The average Bonchev–Trinajstić information content (AvgIpc) is 2.96. The molecule has 6 nitrogen and oxygen atoms in total. The highest BCUT2D eigenvalue weighted by Gasteiger charge is 2.22. The van der Waals surface area contributed by atoms with Crippen molar-refractivity contribution in [1.29, 1.82) is 0 Å². The Labute approximate surface area is 166 Å². The number of halogens is 1. The molecule has 1 aliphatic heterocycles. The lowest BCUT2D eigenvalue weighted by Gasteiger charge is -2.16. The van der Waals surface area contributed by atoms with Crippen LogP contribution in [0.3, 0.4) is 0 Å². The van der Waals surface area contributed by atoms with E-state index in [4.69, 9.17) is 4.74 Å². The van der Waals surface area contributed by atoms with Gasteiger partial charge in [0.15, 0.2) is 5.96 Å². The van der Waals surface area contributed by atoms with Crippen molar-refractivity contribution in [3.63, 3.8) is 0 Å². The van der Waals surface area contributed by atoms with Crippen LogP contribution in [-0.4, -0.2) is 56.6 Å². The van der Waals surface area contributed by atoms with E-state index in [1.54, 1.807) is 14.1 Å². The van der Waals surface area contributed by atoms with E-state index in [9.17, 15) is 4.79 Å². The third-order valence-corrected chi connectivity index (χ3v) is 3.64. The van der Waals surface area contributed by atoms with E-state index >= 15 is 0 Å². The summed E-state index contributed by atoms with van der Waals surface area (Å²) in [6, 6.07) is 8.06. The molecule has 0 saturated carbocycles. The molecule has 138 valence electrons. The monoisotopic (exact) mass is 458 g/mol. The summed E-state index contributed by atoms with van der Waals surface area (Å²) in [5.41, 5.74) is 2.22. The van der Waals surface area contributed by atoms with Gasteiger partial charge in [0.25, 0.3) is 0 Å². The minimum atomic E-state index is -0.0454. The van der Waals surface area contributed by atoms with E-state index in [2.05, 4.69) is 28.3 Å². The van der Waals surface area contributed by atoms with E-state index in [-0.39, 0.29) is 42.5 Å². The second-order valence-electron chi connectivity index (χ2n) is 6.20. The number of aliphatic imine (C=N–C) groups is 1. The molecule has 0 aliphatic carbocycles. The Balaban J connectivity index is 0.00000312. The summed E-state index contributed by atoms with van der Waals surface area (Å²) in [5.74, 6) is 1.49. The van der Waals surface area contributed by atoms with E-state index in [1.807, 2.05) is 25.1 Å². The van der Waals surface area contributed by atoms with Gasteiger partial charge in [-0.25, -0.2) is 4.99 Å². The van der Waals surface area contributed by atoms with Crippen LogP contribution in [0.5, 0.6) is 5.75 Å². The zero-order chi connectivity index (χ0) is 17.5. The topological polar surface area (TPSA) is 66.0 Å². The van der Waals surface area contributed by atoms with Gasteiger partial charge in [0.05, 0.1) is 6.54 Å². The van der Waals surface area contributed by atoms with Crippen molar-refractivity contribution < 1.29 is 9.53 Å². The van der Waals surface area contributed by atoms with Gasteiger partial charge in [-0.05, 0) is 18.6 Å². The van der Waals surface area contributed by atoms with Gasteiger partial charge < -0.3 is 20.3 Å². The molecular formula is C18H27IN4O2. The highest BCUT2D eigenvalue weighted by molar-refractivity contribution is 14.0. The van der Waals surface area contributed by atoms with Crippen LogP contribution >= 0.6 is 24.0 Å². The highest BCUT2D eigenvalue weighted by Crippen LogP contribution is 2.27. The Kier molecular flexibility index (Phi) is 8.74. The van der Waals surface area contributed by atoms with Crippen LogP contribution in [0.15, 0.2) is 41.4 Å². The molecule has 0 fully saturated rings. The Hall–Kier alpha value is -1.77. The van der Waals surface area contributed by atoms with Crippen molar-refractivity contribution in [2.45, 2.75) is 19.4 Å². The molecule has 0 saturated heterocycles. The van der Waals surface area contributed by atoms with E-state index in [0.717, 1.165) is 17.7 Å². The molecule has 1 aromatic rings. The van der Waals surface area contributed by atoms with Gasteiger partial charge in [-0.15, -0.1) is 24.0 Å². The molecule has 0 bridgehead atoms. The number of nitrogens with zero attached hydrogens (tertiary/aromatic N) is 2. The van der Waals surface area contributed by atoms with Crippen LogP contribution in [0.1, 0.15) is 12.5 Å². The molecule has 2 rings (SSSR count). The number of ether oxygens (including phenoxy) is 1. The van der Waals surface area contributed by atoms with Crippen LogP contribution in [0.4, 0.5) is 0 Å². The summed E-state index contributed by atoms with van der Waals surface area (Å²) in [6.07, 6.45) is 0.928. The van der Waals surface area contributed by atoms with Gasteiger partial charge in [-0.3, -0.25) is 4.79 Å². The number of para-hydroxylation sites is 1. The van der Waals surface area contributed by atoms with Gasteiger partial charge in [0.2, 0.25) is 5.91 Å². The summed E-state index contributed by atoms with van der Waals surface area (Å²) < 4.78 is 5.91. The standard InChI is InChI=1S/C18H26N4O2.HI/c1-13(2)10-19-18(21-12-17(23)22(3)4)20-11-15-9-14-7-5-6-8-16(14)24-15;/h5-8,15H,1,9-12H2,2-4H3,(H2,19,20,21);1H. The molecule has 1 amide bonds. The Morgan fingerprint density at radius 3 is 2.72 bits per heavy atom. The van der Waals surface area contributed by atoms with Crippen LogP contribution in [-0.2, 0) is 11.2 Å². The number of amides is 1. The van der Waals surface area contributed by atoms with Crippen LogP contribution < -0.4 is 15.4 Å². The maximum absolute atomic E-state index is 11.7. The van der Waals surface area contributed by atoms with Crippen molar-refractivity contribution >= 4 is 35.8 Å². The van der Waals surface area contributed by atoms with Gasteiger partial charge in [-0.2, -0.15) is 0 Å². The fraction of sp³-hybridized carbons (Fsp3) is 0.444. The van der Waals surface area contributed by atoms with Crippen molar-refractivity contribution in [1.82, 2.24) is 15.5 Å². The van der Waals surface area contributed by atoms with Crippen molar-refractivity contribution in [2.24, 2.45) is 4.99 Å². The van der Waals surface area contributed by atoms with E-state index in [1.165, 1.54) is 10.5 Å². The van der Waals surface area contributed by atoms with Crippen molar-refractivity contribution in [3.8, 4) is 5.75 Å². The first-order valence-electron chi connectivity index (χ1n) is 8.07. The number of hydrogen-bond acceptors (Lipinski definition) is 3. The molecule has 25 heavy (non-hydrogen) atoms. The Morgan fingerprint density at radius 2 is 2.08 bits per heavy atom. The third kappa shape index (κ3) is 6.93. The quantitative estimate of drug-likeness (QED) is 0.296. The molecule has 1 aliphatic rings. The molecule has 1 atom stereocenters. The summed E-state index contributed by atoms with van der Waals surface area (Å²) in [7, 11) is 3.44. The average molecular weight is 458 g/mol. The maximum atomic E-state index is 11.7. The lowest BCUT2D eigenvalue weighted by atomic mass is 10.1. The Morgan fingerprint density at radius 1 is 1.36 bits per heavy atom. The van der Waals surface area contributed by atoms with Gasteiger partial charge >= 0.3 is 0 Å². The number of guanidine groups is 1. The van der Waals surface area contributed by atoms with Crippen LogP contribution in [0.25, 0.3) is 0 Å². The first-order chi connectivity index (χ1) is 11.5. The number of carbonyl (C=O) groups is 1. The summed E-state index contributed by atoms with van der Waals surface area (Å²) in [4.78, 5) is 17.6. The third-order valence-electron chi connectivity index (χ3n) is 3.64. The highest BCUT2D eigenvalue weighted by atomic mass is 127. The second-order valence-corrected chi connectivity index (χ2v) is 6.20. The molecule has 2 N–H and O–H groups in total. The first kappa shape index (κ1) is 21.3. The smallest absolute Gasteiger partial charge is 0.243 e. The van der Waals surface area contributed by atoms with Crippen molar-refractivity contribution in [2.75, 3.05) is 33.7 Å². The lowest BCUT2D eigenvalue weighted by molar-refractivity contribution is -0.127. The number of carbonyl (C=O) groups excluding carboxylic acids is 1. The minimum Gasteiger partial charge on any atom is -0.488 e. The number of likely N-dealkylation sites (N-methyl/N-ethyl adjacent to an activating group) is 1. The number of benzene rings is 1. The van der Waals surface area contributed by atoms with Gasteiger partial charge in [0, 0.05) is 27.1 Å². The Bertz CT molecular complexity index is 606. The molecular weight excluding hydrogens is 431 g/mol. The number of nitrogens with one attached hydrogen (secondary N) is 2. The zero-order valence-electron chi connectivity index (χ0n) is 15.0. The number of rotatable bonds is 6. The van der Waals surface area contributed by atoms with Gasteiger partial charge in [0.1, 0.15) is 18.4 Å². The SMILES string of the molecule is C=C(C)CNC(=NCC(=O)N(C)C)NCC1Cc2ccccc2O1.I. The molecule has 0 spiro atoms. The first-order valence-corrected chi connectivity index (χ1v) is 8.07. The fourth-order valence-electron chi connectivity index (χ4n) is 2.28. The molecule has 0 radical (unpaired) electrons. The van der Waals surface area contributed by atoms with E-state index < -0.39 is 0 Å².